The second-order valence-electron chi connectivity index (χ2n) is 6.65. The molecule has 0 spiro atoms. The third kappa shape index (κ3) is 2.52. The molecule has 0 radical (unpaired) electrons. The Bertz CT molecular complexity index is 699. The van der Waals surface area contributed by atoms with E-state index in [0.717, 1.165) is 26.4 Å². The highest BCUT2D eigenvalue weighted by molar-refractivity contribution is 9.10. The van der Waals surface area contributed by atoms with E-state index in [9.17, 15) is 0 Å². The topological polar surface area (TPSA) is 31.4 Å². The van der Waals surface area contributed by atoms with Gasteiger partial charge in [0.2, 0.25) is 0 Å². The maximum atomic E-state index is 6.09. The van der Waals surface area contributed by atoms with Crippen LogP contribution in [-0.2, 0) is 9.31 Å². The predicted molar refractivity (Wildman–Crippen MR) is 89.9 cm³/mol. The standard InChI is InChI=1S/C16H19BBrNO2/c1-10-6-13(18)8-11-7-12(9-19-14(10)11)17-20-15(2,3)16(4,5)21-17/h6-9H,1-5H3. The van der Waals surface area contributed by atoms with Gasteiger partial charge in [0.05, 0.1) is 16.7 Å². The number of aromatic nitrogens is 1. The highest BCUT2D eigenvalue weighted by Gasteiger charge is 2.51. The number of hydrogen-bond acceptors (Lipinski definition) is 3. The third-order valence-electron chi connectivity index (χ3n) is 4.49. The van der Waals surface area contributed by atoms with Crippen molar-refractivity contribution in [1.29, 1.82) is 0 Å². The van der Waals surface area contributed by atoms with Gasteiger partial charge in [-0.05, 0) is 52.3 Å². The summed E-state index contributed by atoms with van der Waals surface area (Å²) in [7, 11) is -0.369. The lowest BCUT2D eigenvalue weighted by Crippen LogP contribution is -2.41. The fraction of sp³-hybridized carbons (Fsp3) is 0.438. The molecule has 3 rings (SSSR count). The zero-order chi connectivity index (χ0) is 15.4. The minimum absolute atomic E-state index is 0.334. The minimum Gasteiger partial charge on any atom is -0.399 e. The van der Waals surface area contributed by atoms with Crippen molar-refractivity contribution < 1.29 is 9.31 Å². The van der Waals surface area contributed by atoms with E-state index in [4.69, 9.17) is 9.31 Å². The normalized spacial score (nSPS) is 20.2. The average Bonchev–Trinajstić information content (AvgIpc) is 2.57. The SMILES string of the molecule is Cc1cc(Br)cc2cc(B3OC(C)(C)C(C)(C)O3)cnc12. The summed E-state index contributed by atoms with van der Waals surface area (Å²) < 4.78 is 13.2. The van der Waals surface area contributed by atoms with Crippen molar-refractivity contribution in [2.75, 3.05) is 0 Å². The molecule has 1 aromatic carbocycles. The molecule has 0 amide bonds. The molecule has 0 N–H and O–H groups in total. The van der Waals surface area contributed by atoms with E-state index in [2.05, 4.69) is 73.7 Å². The average molecular weight is 348 g/mol. The van der Waals surface area contributed by atoms with Crippen LogP contribution in [-0.4, -0.2) is 23.3 Å². The van der Waals surface area contributed by atoms with Crippen LogP contribution in [0.3, 0.4) is 0 Å². The summed E-state index contributed by atoms with van der Waals surface area (Å²) in [5.74, 6) is 0. The number of hydrogen-bond donors (Lipinski definition) is 0. The van der Waals surface area contributed by atoms with Crippen molar-refractivity contribution >= 4 is 39.4 Å². The molecule has 0 bridgehead atoms. The Morgan fingerprint density at radius 1 is 1.05 bits per heavy atom. The summed E-state index contributed by atoms with van der Waals surface area (Å²) in [5.41, 5.74) is 2.46. The fourth-order valence-electron chi connectivity index (χ4n) is 2.51. The number of fused-ring (bicyclic) bond motifs is 1. The van der Waals surface area contributed by atoms with Crippen molar-refractivity contribution in [3.05, 3.63) is 34.4 Å². The van der Waals surface area contributed by atoms with Gasteiger partial charge in [0.1, 0.15) is 0 Å². The molecule has 0 saturated carbocycles. The zero-order valence-electron chi connectivity index (χ0n) is 13.0. The molecule has 21 heavy (non-hydrogen) atoms. The molecular weight excluding hydrogens is 329 g/mol. The first-order valence-corrected chi connectivity index (χ1v) is 7.90. The van der Waals surface area contributed by atoms with Crippen LogP contribution in [0.2, 0.25) is 0 Å². The smallest absolute Gasteiger partial charge is 0.399 e. The van der Waals surface area contributed by atoms with E-state index in [-0.39, 0.29) is 18.3 Å². The van der Waals surface area contributed by atoms with Gasteiger partial charge in [0.25, 0.3) is 0 Å². The second kappa shape index (κ2) is 4.80. The molecule has 5 heteroatoms. The number of benzene rings is 1. The van der Waals surface area contributed by atoms with Crippen LogP contribution in [0, 0.1) is 6.92 Å². The van der Waals surface area contributed by atoms with Crippen LogP contribution in [0.25, 0.3) is 10.9 Å². The van der Waals surface area contributed by atoms with Crippen LogP contribution < -0.4 is 5.46 Å². The van der Waals surface area contributed by atoms with Gasteiger partial charge in [-0.1, -0.05) is 22.0 Å². The van der Waals surface area contributed by atoms with Crippen molar-refractivity contribution in [1.82, 2.24) is 4.98 Å². The molecular formula is C16H19BBrNO2. The quantitative estimate of drug-likeness (QED) is 0.738. The zero-order valence-corrected chi connectivity index (χ0v) is 14.6. The van der Waals surface area contributed by atoms with Crippen molar-refractivity contribution in [2.45, 2.75) is 45.8 Å². The molecule has 0 aliphatic carbocycles. The molecule has 1 fully saturated rings. The Morgan fingerprint density at radius 2 is 1.67 bits per heavy atom. The number of nitrogens with zero attached hydrogens (tertiary/aromatic N) is 1. The highest BCUT2D eigenvalue weighted by atomic mass is 79.9. The molecule has 3 nitrogen and oxygen atoms in total. The summed E-state index contributed by atoms with van der Waals surface area (Å²) in [6, 6.07) is 6.25. The summed E-state index contributed by atoms with van der Waals surface area (Å²) in [6.45, 7) is 10.3. The molecule has 2 heterocycles. The summed E-state index contributed by atoms with van der Waals surface area (Å²) in [6.07, 6.45) is 1.85. The van der Waals surface area contributed by atoms with Crippen LogP contribution >= 0.6 is 15.9 Å². The first-order valence-electron chi connectivity index (χ1n) is 7.11. The van der Waals surface area contributed by atoms with E-state index >= 15 is 0 Å². The second-order valence-corrected chi connectivity index (χ2v) is 7.57. The number of aryl methyl sites for hydroxylation is 1. The molecule has 0 unspecified atom stereocenters. The number of pyridine rings is 1. The van der Waals surface area contributed by atoms with Crippen LogP contribution in [0.5, 0.6) is 0 Å². The molecule has 1 aromatic heterocycles. The number of halogens is 1. The van der Waals surface area contributed by atoms with Crippen molar-refractivity contribution in [2.24, 2.45) is 0 Å². The van der Waals surface area contributed by atoms with Gasteiger partial charge in [-0.3, -0.25) is 4.98 Å². The van der Waals surface area contributed by atoms with Crippen LogP contribution in [0.15, 0.2) is 28.9 Å². The first-order chi connectivity index (χ1) is 9.69. The van der Waals surface area contributed by atoms with Gasteiger partial charge in [-0.2, -0.15) is 0 Å². The monoisotopic (exact) mass is 347 g/mol. The molecule has 1 saturated heterocycles. The third-order valence-corrected chi connectivity index (χ3v) is 4.94. The molecule has 0 atom stereocenters. The van der Waals surface area contributed by atoms with E-state index in [1.165, 1.54) is 0 Å². The van der Waals surface area contributed by atoms with Crippen LogP contribution in [0.1, 0.15) is 33.3 Å². The van der Waals surface area contributed by atoms with E-state index in [1.54, 1.807) is 0 Å². The summed E-state index contributed by atoms with van der Waals surface area (Å²) in [5, 5.41) is 1.09. The minimum atomic E-state index is -0.369. The van der Waals surface area contributed by atoms with Gasteiger partial charge in [0.15, 0.2) is 0 Å². The van der Waals surface area contributed by atoms with Crippen molar-refractivity contribution in [3.8, 4) is 0 Å². The van der Waals surface area contributed by atoms with Gasteiger partial charge in [-0.15, -0.1) is 0 Å². The van der Waals surface area contributed by atoms with Crippen LogP contribution in [0.4, 0.5) is 0 Å². The Kier molecular flexibility index (Phi) is 3.43. The first kappa shape index (κ1) is 15.0. The maximum absolute atomic E-state index is 6.09. The Morgan fingerprint density at radius 3 is 2.29 bits per heavy atom. The highest BCUT2D eigenvalue weighted by Crippen LogP contribution is 2.36. The van der Waals surface area contributed by atoms with Gasteiger partial charge >= 0.3 is 7.12 Å². The lowest BCUT2D eigenvalue weighted by Gasteiger charge is -2.32. The van der Waals surface area contributed by atoms with Crippen molar-refractivity contribution in [3.63, 3.8) is 0 Å². The van der Waals surface area contributed by atoms with E-state index in [0.29, 0.717) is 0 Å². The van der Waals surface area contributed by atoms with Gasteiger partial charge in [0, 0.05) is 21.5 Å². The molecule has 1 aliphatic rings. The Hall–Kier alpha value is -0.905. The van der Waals surface area contributed by atoms with E-state index in [1.807, 2.05) is 6.20 Å². The van der Waals surface area contributed by atoms with Gasteiger partial charge < -0.3 is 9.31 Å². The molecule has 2 aromatic rings. The maximum Gasteiger partial charge on any atom is 0.496 e. The largest absolute Gasteiger partial charge is 0.496 e. The van der Waals surface area contributed by atoms with Gasteiger partial charge in [-0.25, -0.2) is 0 Å². The van der Waals surface area contributed by atoms with E-state index < -0.39 is 0 Å². The lowest BCUT2D eigenvalue weighted by molar-refractivity contribution is 0.00578. The fourth-order valence-corrected chi connectivity index (χ4v) is 3.10. The summed E-state index contributed by atoms with van der Waals surface area (Å²) >= 11 is 3.54. The Labute approximate surface area is 134 Å². The Balaban J connectivity index is 2.03. The molecule has 110 valence electrons. The summed E-state index contributed by atoms with van der Waals surface area (Å²) in [4.78, 5) is 4.58. The molecule has 1 aliphatic heterocycles. The number of rotatable bonds is 1. The predicted octanol–water partition coefficient (Wildman–Crippen LogP) is 3.60. The lowest BCUT2D eigenvalue weighted by atomic mass is 9.79.